The second-order valence-corrected chi connectivity index (χ2v) is 9.15. The van der Waals surface area contributed by atoms with Gasteiger partial charge in [-0.1, -0.05) is 24.3 Å². The minimum Gasteiger partial charge on any atom is -0.493 e. The molecule has 0 amide bonds. The largest absolute Gasteiger partial charge is 0.493 e. The van der Waals surface area contributed by atoms with Crippen LogP contribution < -0.4 is 19.1 Å². The number of benzene rings is 2. The minimum absolute atomic E-state index is 0.0956. The van der Waals surface area contributed by atoms with Crippen LogP contribution in [-0.4, -0.2) is 27.2 Å². The quantitative estimate of drug-likeness (QED) is 0.584. The van der Waals surface area contributed by atoms with Crippen LogP contribution in [0.1, 0.15) is 31.9 Å². The molecule has 156 valence electrons. The first kappa shape index (κ1) is 21.4. The van der Waals surface area contributed by atoms with E-state index in [1.807, 2.05) is 19.9 Å². The third-order valence-corrected chi connectivity index (χ3v) is 7.19. The van der Waals surface area contributed by atoms with Crippen LogP contribution in [0.4, 0.5) is 0 Å². The number of rotatable bonds is 8. The van der Waals surface area contributed by atoms with E-state index in [-0.39, 0.29) is 9.77 Å². The molecule has 0 saturated heterocycles. The van der Waals surface area contributed by atoms with Gasteiger partial charge in [0.1, 0.15) is 0 Å². The predicted molar refractivity (Wildman–Crippen MR) is 115 cm³/mol. The predicted octanol–water partition coefficient (Wildman–Crippen LogP) is 3.53. The lowest BCUT2D eigenvalue weighted by Gasteiger charge is -2.19. The third kappa shape index (κ3) is 4.17. The van der Waals surface area contributed by atoms with E-state index < -0.39 is 16.1 Å². The molecule has 2 aromatic carbocycles. The highest BCUT2D eigenvalue weighted by Crippen LogP contribution is 2.32. The van der Waals surface area contributed by atoms with Crippen molar-refractivity contribution < 1.29 is 17.9 Å². The van der Waals surface area contributed by atoms with E-state index >= 15 is 0 Å². The maximum absolute atomic E-state index is 13.0. The van der Waals surface area contributed by atoms with Crippen LogP contribution in [0.5, 0.6) is 11.5 Å². The second-order valence-electron chi connectivity index (χ2n) is 6.44. The Morgan fingerprint density at radius 3 is 2.41 bits per heavy atom. The van der Waals surface area contributed by atoms with E-state index in [0.29, 0.717) is 29.2 Å². The number of hydrogen-bond acceptors (Lipinski definition) is 6. The van der Waals surface area contributed by atoms with Crippen molar-refractivity contribution in [2.24, 2.45) is 0 Å². The molecule has 1 atom stereocenters. The summed E-state index contributed by atoms with van der Waals surface area (Å²) in [6.07, 6.45) is 0.552. The topological polar surface area (TPSA) is 86.6 Å². The SMILES string of the molecule is CC[C@@H](NS(=O)(=O)c1ccc2c(c1)sc(=O)n2CC)c1ccc(OC)c(OC)c1. The van der Waals surface area contributed by atoms with Gasteiger partial charge in [-0.15, -0.1) is 0 Å². The summed E-state index contributed by atoms with van der Waals surface area (Å²) >= 11 is 1.05. The lowest BCUT2D eigenvalue weighted by Crippen LogP contribution is -2.28. The van der Waals surface area contributed by atoms with Crippen molar-refractivity contribution >= 4 is 31.6 Å². The Kier molecular flexibility index (Phi) is 6.30. The molecule has 0 spiro atoms. The van der Waals surface area contributed by atoms with Gasteiger partial charge in [0.25, 0.3) is 0 Å². The molecule has 0 radical (unpaired) electrons. The lowest BCUT2D eigenvalue weighted by atomic mass is 10.1. The molecule has 0 unspecified atom stereocenters. The van der Waals surface area contributed by atoms with Gasteiger partial charge in [-0.3, -0.25) is 9.36 Å². The Labute approximate surface area is 173 Å². The molecule has 3 aromatic rings. The number of aromatic nitrogens is 1. The van der Waals surface area contributed by atoms with Gasteiger partial charge in [0.15, 0.2) is 11.5 Å². The van der Waals surface area contributed by atoms with E-state index in [4.69, 9.17) is 9.47 Å². The summed E-state index contributed by atoms with van der Waals surface area (Å²) in [6.45, 7) is 4.33. The fourth-order valence-electron chi connectivity index (χ4n) is 3.23. The molecule has 1 heterocycles. The third-order valence-electron chi connectivity index (χ3n) is 4.78. The number of aryl methyl sites for hydroxylation is 1. The number of ether oxygens (including phenoxy) is 2. The molecule has 0 aliphatic rings. The first-order valence-corrected chi connectivity index (χ1v) is 11.5. The van der Waals surface area contributed by atoms with Gasteiger partial charge in [-0.25, -0.2) is 13.1 Å². The fraction of sp³-hybridized carbons (Fsp3) is 0.350. The second kappa shape index (κ2) is 8.56. The molecule has 9 heteroatoms. The molecule has 1 aromatic heterocycles. The number of fused-ring (bicyclic) bond motifs is 1. The number of sulfonamides is 1. The van der Waals surface area contributed by atoms with Crippen LogP contribution in [0.25, 0.3) is 10.2 Å². The van der Waals surface area contributed by atoms with Crippen molar-refractivity contribution in [1.29, 1.82) is 0 Å². The highest BCUT2D eigenvalue weighted by molar-refractivity contribution is 7.89. The molecule has 29 heavy (non-hydrogen) atoms. The molecule has 1 N–H and O–H groups in total. The van der Waals surface area contributed by atoms with Crippen molar-refractivity contribution in [3.8, 4) is 11.5 Å². The molecule has 0 bridgehead atoms. The molecule has 0 saturated carbocycles. The van der Waals surface area contributed by atoms with Gasteiger partial charge in [-0.05, 0) is 49.2 Å². The summed E-state index contributed by atoms with van der Waals surface area (Å²) in [7, 11) is -0.697. The van der Waals surface area contributed by atoms with Gasteiger partial charge in [0.05, 0.1) is 29.3 Å². The van der Waals surface area contributed by atoms with E-state index in [0.717, 1.165) is 22.4 Å². The molecule has 3 rings (SSSR count). The fourth-order valence-corrected chi connectivity index (χ4v) is 5.63. The average molecular weight is 437 g/mol. The van der Waals surface area contributed by atoms with Crippen molar-refractivity contribution in [2.75, 3.05) is 14.2 Å². The van der Waals surface area contributed by atoms with E-state index in [1.165, 1.54) is 13.2 Å². The lowest BCUT2D eigenvalue weighted by molar-refractivity contribution is 0.354. The summed E-state index contributed by atoms with van der Waals surface area (Å²) in [5.74, 6) is 1.12. The highest BCUT2D eigenvalue weighted by atomic mass is 32.2. The van der Waals surface area contributed by atoms with Crippen LogP contribution in [0.15, 0.2) is 46.1 Å². The summed E-state index contributed by atoms with van der Waals surface area (Å²) in [5, 5.41) is 0. The van der Waals surface area contributed by atoms with Crippen LogP contribution in [0.2, 0.25) is 0 Å². The number of hydrogen-bond donors (Lipinski definition) is 1. The number of methoxy groups -OCH3 is 2. The van der Waals surface area contributed by atoms with E-state index in [9.17, 15) is 13.2 Å². The zero-order chi connectivity index (χ0) is 21.2. The van der Waals surface area contributed by atoms with Crippen LogP contribution in [0.3, 0.4) is 0 Å². The summed E-state index contributed by atoms with van der Waals surface area (Å²) in [6, 6.07) is 9.67. The Bertz CT molecular complexity index is 1180. The van der Waals surface area contributed by atoms with Gasteiger partial charge in [-0.2, -0.15) is 0 Å². The smallest absolute Gasteiger partial charge is 0.308 e. The van der Waals surface area contributed by atoms with E-state index in [2.05, 4.69) is 4.72 Å². The zero-order valence-electron chi connectivity index (χ0n) is 16.8. The molecular weight excluding hydrogens is 412 g/mol. The first-order valence-electron chi connectivity index (χ1n) is 9.22. The molecular formula is C20H24N2O5S2. The van der Waals surface area contributed by atoms with Gasteiger partial charge < -0.3 is 9.47 Å². The van der Waals surface area contributed by atoms with Crippen molar-refractivity contribution in [2.45, 2.75) is 37.8 Å². The van der Waals surface area contributed by atoms with Gasteiger partial charge >= 0.3 is 4.87 Å². The Morgan fingerprint density at radius 2 is 1.79 bits per heavy atom. The van der Waals surface area contributed by atoms with Crippen LogP contribution in [-0.2, 0) is 16.6 Å². The first-order chi connectivity index (χ1) is 13.8. The molecule has 0 aliphatic heterocycles. The molecule has 7 nitrogen and oxygen atoms in total. The normalized spacial score (nSPS) is 12.8. The zero-order valence-corrected chi connectivity index (χ0v) is 18.4. The van der Waals surface area contributed by atoms with Crippen molar-refractivity contribution in [3.05, 3.63) is 51.6 Å². The summed E-state index contributed by atoms with van der Waals surface area (Å²) < 4.78 is 41.6. The highest BCUT2D eigenvalue weighted by Gasteiger charge is 2.22. The summed E-state index contributed by atoms with van der Waals surface area (Å²) in [5.41, 5.74) is 1.52. The Morgan fingerprint density at radius 1 is 1.07 bits per heavy atom. The monoisotopic (exact) mass is 436 g/mol. The van der Waals surface area contributed by atoms with Crippen LogP contribution >= 0.6 is 11.3 Å². The molecule has 0 fully saturated rings. The summed E-state index contributed by atoms with van der Waals surface area (Å²) in [4.78, 5) is 12.1. The number of nitrogens with one attached hydrogen (secondary N) is 1. The van der Waals surface area contributed by atoms with Crippen LogP contribution in [0, 0.1) is 0 Å². The Balaban J connectivity index is 1.95. The Hall–Kier alpha value is -2.36. The maximum Gasteiger partial charge on any atom is 0.308 e. The average Bonchev–Trinajstić information content (AvgIpc) is 3.05. The molecule has 0 aliphatic carbocycles. The van der Waals surface area contributed by atoms with Gasteiger partial charge in [0.2, 0.25) is 10.0 Å². The van der Waals surface area contributed by atoms with E-state index in [1.54, 1.807) is 35.9 Å². The van der Waals surface area contributed by atoms with Gasteiger partial charge in [0, 0.05) is 12.6 Å². The maximum atomic E-state index is 13.0. The van der Waals surface area contributed by atoms with Crippen molar-refractivity contribution in [3.63, 3.8) is 0 Å². The number of nitrogens with zero attached hydrogens (tertiary/aromatic N) is 1. The minimum atomic E-state index is -3.78. The number of thiazole rings is 1. The van der Waals surface area contributed by atoms with Crippen molar-refractivity contribution in [1.82, 2.24) is 9.29 Å². The standard InChI is InChI=1S/C20H24N2O5S2/c1-5-15(13-7-10-17(26-3)18(11-13)27-4)21-29(24,25)14-8-9-16-19(12-14)28-20(23)22(16)6-2/h7-12,15,21H,5-6H2,1-4H3/t15-/m1/s1.